The van der Waals surface area contributed by atoms with Crippen molar-refractivity contribution in [2.75, 3.05) is 13.6 Å². The number of nitrogens with zero attached hydrogens (tertiary/aromatic N) is 1. The summed E-state index contributed by atoms with van der Waals surface area (Å²) in [7, 11) is 2.11. The van der Waals surface area contributed by atoms with Crippen LogP contribution in [0.5, 0.6) is 0 Å². The molecular weight excluding hydrogens is 232 g/mol. The number of hydrogen-bond donors (Lipinski definition) is 1. The topological polar surface area (TPSA) is 29.3 Å². The van der Waals surface area contributed by atoms with Gasteiger partial charge >= 0.3 is 0 Å². The maximum Gasteiger partial charge on any atom is 0.0231 e. The molecule has 0 aliphatic heterocycles. The third-order valence-corrected chi connectivity index (χ3v) is 3.11. The molecule has 1 atom stereocenters. The highest BCUT2D eigenvalue weighted by Gasteiger charge is 2.03. The van der Waals surface area contributed by atoms with Crippen LogP contribution in [-0.2, 0) is 6.54 Å². The normalized spacial score (nSPS) is 12.6. The Morgan fingerprint density at radius 3 is 2.11 bits per heavy atom. The van der Waals surface area contributed by atoms with Crippen LogP contribution in [0.25, 0.3) is 11.1 Å². The molecule has 0 aliphatic carbocycles. The molecule has 0 spiro atoms. The van der Waals surface area contributed by atoms with Crippen LogP contribution in [0.15, 0.2) is 54.6 Å². The largest absolute Gasteiger partial charge is 0.327 e. The Morgan fingerprint density at radius 2 is 1.53 bits per heavy atom. The summed E-state index contributed by atoms with van der Waals surface area (Å²) < 4.78 is 0. The van der Waals surface area contributed by atoms with Crippen LogP contribution in [-0.4, -0.2) is 24.5 Å². The molecule has 0 saturated heterocycles. The van der Waals surface area contributed by atoms with Gasteiger partial charge in [-0.15, -0.1) is 0 Å². The van der Waals surface area contributed by atoms with Gasteiger partial charge in [0.05, 0.1) is 0 Å². The fourth-order valence-corrected chi connectivity index (χ4v) is 2.30. The Hall–Kier alpha value is -1.64. The lowest BCUT2D eigenvalue weighted by molar-refractivity contribution is 0.310. The molecule has 0 amide bonds. The van der Waals surface area contributed by atoms with E-state index in [1.54, 1.807) is 0 Å². The highest BCUT2D eigenvalue weighted by Crippen LogP contribution is 2.19. The van der Waals surface area contributed by atoms with E-state index in [-0.39, 0.29) is 6.04 Å². The van der Waals surface area contributed by atoms with Crippen LogP contribution in [0.1, 0.15) is 12.5 Å². The second-order valence-electron chi connectivity index (χ2n) is 5.24. The number of nitrogens with two attached hydrogens (primary N) is 1. The van der Waals surface area contributed by atoms with E-state index in [1.165, 1.54) is 16.7 Å². The maximum absolute atomic E-state index is 5.81. The van der Waals surface area contributed by atoms with Crippen molar-refractivity contribution in [3.8, 4) is 11.1 Å². The molecule has 2 aromatic carbocycles. The lowest BCUT2D eigenvalue weighted by Gasteiger charge is -2.19. The highest BCUT2D eigenvalue weighted by molar-refractivity contribution is 5.63. The molecule has 2 rings (SSSR count). The van der Waals surface area contributed by atoms with Gasteiger partial charge in [0.25, 0.3) is 0 Å². The molecule has 0 saturated carbocycles. The zero-order valence-corrected chi connectivity index (χ0v) is 11.7. The van der Waals surface area contributed by atoms with E-state index >= 15 is 0 Å². The summed E-state index contributed by atoms with van der Waals surface area (Å²) in [6, 6.07) is 19.4. The van der Waals surface area contributed by atoms with E-state index in [9.17, 15) is 0 Å². The summed E-state index contributed by atoms with van der Waals surface area (Å²) in [6.45, 7) is 3.89. The quantitative estimate of drug-likeness (QED) is 0.888. The van der Waals surface area contributed by atoms with E-state index in [4.69, 9.17) is 5.73 Å². The molecule has 19 heavy (non-hydrogen) atoms. The van der Waals surface area contributed by atoms with E-state index < -0.39 is 0 Å². The molecule has 0 aromatic heterocycles. The minimum atomic E-state index is 0.216. The number of likely N-dealkylation sites (N-methyl/N-ethyl adjacent to an activating group) is 1. The van der Waals surface area contributed by atoms with Crippen LogP contribution in [0.2, 0.25) is 0 Å². The van der Waals surface area contributed by atoms with Gasteiger partial charge in [-0.05, 0) is 30.7 Å². The lowest BCUT2D eigenvalue weighted by Crippen LogP contribution is -2.32. The average Bonchev–Trinajstić information content (AvgIpc) is 2.39. The van der Waals surface area contributed by atoms with Crippen molar-refractivity contribution in [3.63, 3.8) is 0 Å². The molecule has 2 N–H and O–H groups in total. The Kier molecular flexibility index (Phi) is 4.72. The molecule has 0 bridgehead atoms. The zero-order chi connectivity index (χ0) is 13.7. The SMILES string of the molecule is CC(N)CN(C)Cc1ccc(-c2ccccc2)cc1. The minimum Gasteiger partial charge on any atom is -0.327 e. The monoisotopic (exact) mass is 254 g/mol. The molecule has 2 nitrogen and oxygen atoms in total. The molecule has 2 heteroatoms. The fraction of sp³-hybridized carbons (Fsp3) is 0.294. The van der Waals surface area contributed by atoms with Crippen LogP contribution < -0.4 is 5.73 Å². The molecular formula is C17H22N2. The summed E-state index contributed by atoms with van der Waals surface area (Å²) in [5.41, 5.74) is 9.65. The maximum atomic E-state index is 5.81. The third-order valence-electron chi connectivity index (χ3n) is 3.11. The van der Waals surface area contributed by atoms with Crippen LogP contribution in [0.3, 0.4) is 0 Å². The van der Waals surface area contributed by atoms with E-state index in [0.717, 1.165) is 13.1 Å². The summed E-state index contributed by atoms with van der Waals surface area (Å²) in [6.07, 6.45) is 0. The summed E-state index contributed by atoms with van der Waals surface area (Å²) in [5, 5.41) is 0. The van der Waals surface area contributed by atoms with Crippen molar-refractivity contribution in [2.24, 2.45) is 5.73 Å². The zero-order valence-electron chi connectivity index (χ0n) is 11.7. The molecule has 100 valence electrons. The minimum absolute atomic E-state index is 0.216. The van der Waals surface area contributed by atoms with Gasteiger partial charge in [0.15, 0.2) is 0 Å². The Labute approximate surface area is 115 Å². The van der Waals surface area contributed by atoms with Gasteiger partial charge in [-0.2, -0.15) is 0 Å². The third kappa shape index (κ3) is 4.19. The second-order valence-corrected chi connectivity index (χ2v) is 5.24. The first-order chi connectivity index (χ1) is 9.15. The predicted octanol–water partition coefficient (Wildman–Crippen LogP) is 3.13. The molecule has 0 heterocycles. The Balaban J connectivity index is 2.03. The van der Waals surface area contributed by atoms with Crippen molar-refractivity contribution < 1.29 is 0 Å². The smallest absolute Gasteiger partial charge is 0.0231 e. The van der Waals surface area contributed by atoms with Gasteiger partial charge in [-0.3, -0.25) is 0 Å². The molecule has 0 radical (unpaired) electrons. The summed E-state index contributed by atoms with van der Waals surface area (Å²) in [4.78, 5) is 2.25. The lowest BCUT2D eigenvalue weighted by atomic mass is 10.0. The predicted molar refractivity (Wildman–Crippen MR) is 81.9 cm³/mol. The highest BCUT2D eigenvalue weighted by atomic mass is 15.1. The van der Waals surface area contributed by atoms with Crippen molar-refractivity contribution in [1.29, 1.82) is 0 Å². The number of benzene rings is 2. The molecule has 0 fully saturated rings. The van der Waals surface area contributed by atoms with Gasteiger partial charge in [0.1, 0.15) is 0 Å². The Morgan fingerprint density at radius 1 is 0.947 bits per heavy atom. The average molecular weight is 254 g/mol. The molecule has 0 aliphatic rings. The van der Waals surface area contributed by atoms with Gasteiger partial charge in [-0.1, -0.05) is 54.6 Å². The number of hydrogen-bond acceptors (Lipinski definition) is 2. The first kappa shape index (κ1) is 13.8. The first-order valence-corrected chi connectivity index (χ1v) is 6.73. The molecule has 1 unspecified atom stereocenters. The van der Waals surface area contributed by atoms with Gasteiger partial charge < -0.3 is 10.6 Å². The number of rotatable bonds is 5. The van der Waals surface area contributed by atoms with Gasteiger partial charge in [-0.25, -0.2) is 0 Å². The van der Waals surface area contributed by atoms with Crippen molar-refractivity contribution in [2.45, 2.75) is 19.5 Å². The first-order valence-electron chi connectivity index (χ1n) is 6.73. The van der Waals surface area contributed by atoms with E-state index in [0.29, 0.717) is 0 Å². The van der Waals surface area contributed by atoms with Crippen molar-refractivity contribution >= 4 is 0 Å². The summed E-state index contributed by atoms with van der Waals surface area (Å²) >= 11 is 0. The fourth-order valence-electron chi connectivity index (χ4n) is 2.30. The van der Waals surface area contributed by atoms with Gasteiger partial charge in [0.2, 0.25) is 0 Å². The van der Waals surface area contributed by atoms with Crippen LogP contribution >= 0.6 is 0 Å². The van der Waals surface area contributed by atoms with Gasteiger partial charge in [0, 0.05) is 19.1 Å². The van der Waals surface area contributed by atoms with Crippen LogP contribution in [0.4, 0.5) is 0 Å². The molecule has 2 aromatic rings. The second kappa shape index (κ2) is 6.50. The van der Waals surface area contributed by atoms with E-state index in [2.05, 4.69) is 60.5 Å². The standard InChI is InChI=1S/C17H22N2/c1-14(18)12-19(2)13-15-8-10-17(11-9-15)16-6-4-3-5-7-16/h3-11,14H,12-13,18H2,1-2H3. The summed E-state index contributed by atoms with van der Waals surface area (Å²) in [5.74, 6) is 0. The van der Waals surface area contributed by atoms with Crippen molar-refractivity contribution in [1.82, 2.24) is 4.90 Å². The van der Waals surface area contributed by atoms with E-state index in [1.807, 2.05) is 13.0 Å². The van der Waals surface area contributed by atoms with Crippen molar-refractivity contribution in [3.05, 3.63) is 60.2 Å². The Bertz CT molecular complexity index is 488. The van der Waals surface area contributed by atoms with Crippen LogP contribution in [0, 0.1) is 0 Å².